The zero-order valence-corrected chi connectivity index (χ0v) is 20.5. The first kappa shape index (κ1) is 25.1. The molecule has 0 aliphatic heterocycles. The topological polar surface area (TPSA) is 44.8 Å². The average molecular weight is 481 g/mol. The van der Waals surface area contributed by atoms with Gasteiger partial charge in [-0.2, -0.15) is 0 Å². The van der Waals surface area contributed by atoms with Crippen molar-refractivity contribution < 1.29 is 19.0 Å². The molecule has 0 aliphatic carbocycles. The smallest absolute Gasteiger partial charge is 0.333 e. The minimum atomic E-state index is -2.17. The summed E-state index contributed by atoms with van der Waals surface area (Å²) < 4.78 is 16.2. The van der Waals surface area contributed by atoms with E-state index in [1.54, 1.807) is 6.92 Å². The summed E-state index contributed by atoms with van der Waals surface area (Å²) in [5.74, 6) is -0.401. The summed E-state index contributed by atoms with van der Waals surface area (Å²) in [7, 11) is 0. The third kappa shape index (κ3) is 6.96. The molecular formula is C27H29O4PS. The van der Waals surface area contributed by atoms with Crippen LogP contribution >= 0.6 is 6.04 Å². The summed E-state index contributed by atoms with van der Waals surface area (Å²) in [5, 5.41) is 3.49. The monoisotopic (exact) mass is 480 g/mol. The second-order valence-corrected chi connectivity index (χ2v) is 11.9. The fraction of sp³-hybridized carbons (Fsp3) is 0.222. The molecule has 0 N–H and O–H groups in total. The van der Waals surface area contributed by atoms with Gasteiger partial charge < -0.3 is 14.2 Å². The Kier molecular flexibility index (Phi) is 9.59. The normalized spacial score (nSPS) is 11.2. The molecule has 0 unspecified atom stereocenters. The van der Waals surface area contributed by atoms with E-state index in [4.69, 9.17) is 26.0 Å². The fourth-order valence-corrected chi connectivity index (χ4v) is 7.08. The molecule has 0 atom stereocenters. The van der Waals surface area contributed by atoms with E-state index in [9.17, 15) is 4.79 Å². The molecule has 172 valence electrons. The number of carbonyl (C=O) groups excluding carboxylic acids is 1. The lowest BCUT2D eigenvalue weighted by molar-refractivity contribution is -0.140. The van der Waals surface area contributed by atoms with Gasteiger partial charge >= 0.3 is 5.97 Å². The lowest BCUT2D eigenvalue weighted by atomic mass is 10.2. The molecular weight excluding hydrogens is 451 g/mol. The molecule has 0 fully saturated rings. The lowest BCUT2D eigenvalue weighted by Crippen LogP contribution is -2.25. The Balaban J connectivity index is 1.60. The summed E-state index contributed by atoms with van der Waals surface area (Å²) in [5.41, 5.74) is 1.45. The molecule has 0 spiro atoms. The molecule has 3 aromatic rings. The SMILES string of the molecule is C=C(C)C(=O)OCCOCCOCc1cccc(P(=S)(c2ccccc2)c2ccccc2)c1. The number of rotatable bonds is 12. The van der Waals surface area contributed by atoms with E-state index in [0.29, 0.717) is 32.0 Å². The highest BCUT2D eigenvalue weighted by atomic mass is 32.4. The summed E-state index contributed by atoms with van der Waals surface area (Å²) in [6, 6.07) is 27.0. The minimum Gasteiger partial charge on any atom is -0.460 e. The minimum absolute atomic E-state index is 0.206. The maximum Gasteiger partial charge on any atom is 0.333 e. The number of esters is 1. The molecule has 0 aliphatic rings. The zero-order valence-electron chi connectivity index (χ0n) is 18.8. The number of hydrogen-bond acceptors (Lipinski definition) is 5. The molecule has 0 heterocycles. The molecule has 3 aromatic carbocycles. The molecule has 0 amide bonds. The van der Waals surface area contributed by atoms with Crippen LogP contribution in [0.5, 0.6) is 0 Å². The molecule has 3 rings (SSSR count). The second-order valence-electron chi connectivity index (χ2n) is 7.53. The largest absolute Gasteiger partial charge is 0.460 e. The van der Waals surface area contributed by atoms with Crippen LogP contribution in [0.1, 0.15) is 12.5 Å². The Morgan fingerprint density at radius 2 is 1.33 bits per heavy atom. The Labute approximate surface area is 201 Å². The van der Waals surface area contributed by atoms with Gasteiger partial charge in [0.1, 0.15) is 6.61 Å². The van der Waals surface area contributed by atoms with Crippen LogP contribution in [-0.4, -0.2) is 32.4 Å². The average Bonchev–Trinajstić information content (AvgIpc) is 2.86. The highest BCUT2D eigenvalue weighted by Crippen LogP contribution is 2.42. The van der Waals surface area contributed by atoms with Crippen LogP contribution in [0, 0.1) is 0 Å². The Hall–Kier alpha value is -2.56. The molecule has 6 heteroatoms. The van der Waals surface area contributed by atoms with Crippen molar-refractivity contribution in [2.45, 2.75) is 13.5 Å². The number of benzene rings is 3. The van der Waals surface area contributed by atoms with E-state index in [1.807, 2.05) is 42.5 Å². The van der Waals surface area contributed by atoms with Gasteiger partial charge in [0.25, 0.3) is 0 Å². The summed E-state index contributed by atoms with van der Waals surface area (Å²) in [6.45, 7) is 7.04. The van der Waals surface area contributed by atoms with Gasteiger partial charge in [-0.1, -0.05) is 97.2 Å². The molecule has 0 aromatic heterocycles. The molecule has 0 bridgehead atoms. The van der Waals surface area contributed by atoms with Crippen LogP contribution in [0.4, 0.5) is 0 Å². The van der Waals surface area contributed by atoms with Crippen LogP contribution < -0.4 is 15.9 Å². The van der Waals surface area contributed by atoms with Crippen molar-refractivity contribution in [3.05, 3.63) is 103 Å². The molecule has 0 radical (unpaired) electrons. The molecule has 4 nitrogen and oxygen atoms in total. The van der Waals surface area contributed by atoms with Crippen LogP contribution in [0.25, 0.3) is 0 Å². The van der Waals surface area contributed by atoms with Crippen molar-refractivity contribution >= 4 is 39.7 Å². The van der Waals surface area contributed by atoms with Crippen molar-refractivity contribution in [3.63, 3.8) is 0 Å². The van der Waals surface area contributed by atoms with Crippen molar-refractivity contribution in [2.75, 3.05) is 26.4 Å². The van der Waals surface area contributed by atoms with Crippen LogP contribution in [-0.2, 0) is 37.4 Å². The standard InChI is InChI=1S/C27H29O4PS/c1-22(2)27(28)31-19-18-29-16-17-30-21-23-10-9-15-26(20-23)32(33,24-11-5-3-6-12-24)25-13-7-4-8-14-25/h3-15,20H,1,16-19,21H2,2H3. The summed E-state index contributed by atoms with van der Waals surface area (Å²) in [6.07, 6.45) is 0. The van der Waals surface area contributed by atoms with Gasteiger partial charge in [0, 0.05) is 11.6 Å². The van der Waals surface area contributed by atoms with E-state index < -0.39 is 12.0 Å². The van der Waals surface area contributed by atoms with Crippen molar-refractivity contribution in [1.82, 2.24) is 0 Å². The molecule has 0 saturated carbocycles. The van der Waals surface area contributed by atoms with Gasteiger partial charge in [0.15, 0.2) is 0 Å². The van der Waals surface area contributed by atoms with E-state index in [2.05, 4.69) is 49.0 Å². The van der Waals surface area contributed by atoms with E-state index >= 15 is 0 Å². The molecule has 33 heavy (non-hydrogen) atoms. The maximum atomic E-state index is 11.3. The Morgan fingerprint density at radius 3 is 1.94 bits per heavy atom. The van der Waals surface area contributed by atoms with E-state index in [0.717, 1.165) is 10.9 Å². The zero-order chi connectivity index (χ0) is 23.5. The van der Waals surface area contributed by atoms with Crippen LogP contribution in [0.15, 0.2) is 97.1 Å². The Morgan fingerprint density at radius 1 is 0.788 bits per heavy atom. The first-order chi connectivity index (χ1) is 16.0. The highest BCUT2D eigenvalue weighted by Gasteiger charge is 2.24. The van der Waals surface area contributed by atoms with Gasteiger partial charge in [0.05, 0.1) is 26.4 Å². The number of carbonyl (C=O) groups is 1. The van der Waals surface area contributed by atoms with E-state index in [1.165, 1.54) is 10.6 Å². The first-order valence-corrected chi connectivity index (χ1v) is 13.6. The van der Waals surface area contributed by atoms with Crippen LogP contribution in [0.2, 0.25) is 0 Å². The van der Waals surface area contributed by atoms with Gasteiger partial charge in [0.2, 0.25) is 0 Å². The summed E-state index contributed by atoms with van der Waals surface area (Å²) >= 11 is 6.40. The third-order valence-electron chi connectivity index (χ3n) is 4.96. The lowest BCUT2D eigenvalue weighted by Gasteiger charge is -2.24. The van der Waals surface area contributed by atoms with Gasteiger partial charge in [-0.05, 0) is 34.5 Å². The quantitative estimate of drug-likeness (QED) is 0.169. The van der Waals surface area contributed by atoms with Crippen LogP contribution in [0.3, 0.4) is 0 Å². The molecule has 0 saturated heterocycles. The first-order valence-electron chi connectivity index (χ1n) is 10.8. The maximum absolute atomic E-state index is 11.3. The third-order valence-corrected chi connectivity index (χ3v) is 9.92. The predicted octanol–water partition coefficient (Wildman–Crippen LogP) is 4.09. The number of ether oxygens (including phenoxy) is 3. The van der Waals surface area contributed by atoms with Gasteiger partial charge in [-0.25, -0.2) is 4.79 Å². The van der Waals surface area contributed by atoms with Crippen molar-refractivity contribution in [3.8, 4) is 0 Å². The summed E-state index contributed by atoms with van der Waals surface area (Å²) in [4.78, 5) is 11.3. The second kappa shape index (κ2) is 12.6. The Bertz CT molecular complexity index is 1060. The van der Waals surface area contributed by atoms with E-state index in [-0.39, 0.29) is 6.61 Å². The van der Waals surface area contributed by atoms with Gasteiger partial charge in [-0.15, -0.1) is 0 Å². The predicted molar refractivity (Wildman–Crippen MR) is 139 cm³/mol. The highest BCUT2D eigenvalue weighted by molar-refractivity contribution is 8.25. The van der Waals surface area contributed by atoms with Gasteiger partial charge in [-0.3, -0.25) is 0 Å². The number of hydrogen-bond donors (Lipinski definition) is 0. The van der Waals surface area contributed by atoms with Crippen molar-refractivity contribution in [2.24, 2.45) is 0 Å². The van der Waals surface area contributed by atoms with Crippen molar-refractivity contribution in [1.29, 1.82) is 0 Å². The fourth-order valence-electron chi connectivity index (χ4n) is 3.29.